The average Bonchev–Trinajstić information content (AvgIpc) is 3.20. The molecule has 1 fully saturated rings. The second-order valence-corrected chi connectivity index (χ2v) is 9.61. The zero-order chi connectivity index (χ0) is 22.9. The molecule has 4 rings (SSSR count). The van der Waals surface area contributed by atoms with E-state index in [1.54, 1.807) is 19.1 Å². The number of hydrogen-bond donors (Lipinski definition) is 1. The van der Waals surface area contributed by atoms with Crippen molar-refractivity contribution in [2.75, 3.05) is 13.2 Å². The van der Waals surface area contributed by atoms with E-state index in [1.807, 2.05) is 0 Å². The van der Waals surface area contributed by atoms with Crippen LogP contribution in [0.5, 0.6) is 0 Å². The molecule has 2 N–H and O–H groups in total. The van der Waals surface area contributed by atoms with Crippen LogP contribution in [-0.2, 0) is 14.8 Å². The van der Waals surface area contributed by atoms with Crippen LogP contribution in [0.4, 0.5) is 4.39 Å². The Morgan fingerprint density at radius 2 is 2.00 bits per heavy atom. The smallest absolute Gasteiger partial charge is 0.222 e. The van der Waals surface area contributed by atoms with Gasteiger partial charge < -0.3 is 9.15 Å². The maximum atomic E-state index is 15.7. The summed E-state index contributed by atoms with van der Waals surface area (Å²) in [5.74, 6) is -0.0407. The molecule has 2 aromatic heterocycles. The lowest BCUT2D eigenvalue weighted by Crippen LogP contribution is -2.22. The minimum absolute atomic E-state index is 0.00645. The monoisotopic (exact) mass is 480 g/mol. The highest BCUT2D eigenvalue weighted by Crippen LogP contribution is 2.39. The lowest BCUT2D eigenvalue weighted by Gasteiger charge is -2.18. The Morgan fingerprint density at radius 1 is 1.25 bits per heavy atom. The molecular weight excluding hydrogens is 459 g/mol. The first-order valence-corrected chi connectivity index (χ1v) is 12.2. The van der Waals surface area contributed by atoms with E-state index >= 15 is 4.39 Å². The first-order valence-electron chi connectivity index (χ1n) is 10.2. The summed E-state index contributed by atoms with van der Waals surface area (Å²) in [6.45, 7) is 2.79. The van der Waals surface area contributed by atoms with Crippen molar-refractivity contribution in [2.45, 2.75) is 37.4 Å². The van der Waals surface area contributed by atoms with Gasteiger partial charge in [0, 0.05) is 36.5 Å². The number of benzene rings is 1. The van der Waals surface area contributed by atoms with E-state index in [2.05, 4.69) is 15.0 Å². The lowest BCUT2D eigenvalue weighted by atomic mass is 10.00. The summed E-state index contributed by atoms with van der Waals surface area (Å²) in [7, 11) is -4.01. The van der Waals surface area contributed by atoms with E-state index in [9.17, 15) is 8.42 Å². The molecule has 1 saturated heterocycles. The topological polar surface area (TPSA) is 121 Å². The van der Waals surface area contributed by atoms with Gasteiger partial charge in [0.2, 0.25) is 15.3 Å². The van der Waals surface area contributed by atoms with E-state index in [1.165, 1.54) is 18.3 Å². The van der Waals surface area contributed by atoms with Crippen LogP contribution in [0.15, 0.2) is 34.9 Å². The minimum Gasteiger partial charge on any atom is -0.438 e. The van der Waals surface area contributed by atoms with Crippen molar-refractivity contribution in [1.29, 1.82) is 0 Å². The van der Waals surface area contributed by atoms with E-state index in [-0.39, 0.29) is 40.2 Å². The summed E-state index contributed by atoms with van der Waals surface area (Å²) in [6.07, 6.45) is 3.03. The van der Waals surface area contributed by atoms with Gasteiger partial charge in [0.1, 0.15) is 22.5 Å². The van der Waals surface area contributed by atoms with Gasteiger partial charge in [-0.1, -0.05) is 19.1 Å². The Morgan fingerprint density at radius 3 is 2.66 bits per heavy atom. The Kier molecular flexibility index (Phi) is 6.57. The largest absolute Gasteiger partial charge is 0.438 e. The molecule has 11 heteroatoms. The minimum atomic E-state index is -4.01. The maximum Gasteiger partial charge on any atom is 0.222 e. The van der Waals surface area contributed by atoms with E-state index in [0.29, 0.717) is 24.8 Å². The molecule has 32 heavy (non-hydrogen) atoms. The Balaban J connectivity index is 1.89. The zero-order valence-corrected chi connectivity index (χ0v) is 18.9. The quantitative estimate of drug-likeness (QED) is 0.524. The highest BCUT2D eigenvalue weighted by atomic mass is 35.5. The molecule has 3 heterocycles. The van der Waals surface area contributed by atoms with Crippen LogP contribution in [0.3, 0.4) is 0 Å². The number of aromatic nitrogens is 3. The van der Waals surface area contributed by atoms with E-state index in [0.717, 1.165) is 12.8 Å². The fourth-order valence-electron chi connectivity index (χ4n) is 3.88. The summed E-state index contributed by atoms with van der Waals surface area (Å²) in [5.41, 5.74) is 0.630. The van der Waals surface area contributed by atoms with Crippen LogP contribution < -0.4 is 5.14 Å². The van der Waals surface area contributed by atoms with Gasteiger partial charge in [-0.05, 0) is 43.0 Å². The van der Waals surface area contributed by atoms with Gasteiger partial charge in [-0.2, -0.15) is 0 Å². The number of nitrogens with two attached hydrogens (primary N) is 1. The van der Waals surface area contributed by atoms with Gasteiger partial charge in [0.05, 0.1) is 0 Å². The molecule has 1 aliphatic heterocycles. The summed E-state index contributed by atoms with van der Waals surface area (Å²) >= 11 is 5.96. The van der Waals surface area contributed by atoms with Crippen molar-refractivity contribution >= 4 is 21.6 Å². The molecule has 170 valence electrons. The zero-order valence-electron chi connectivity index (χ0n) is 17.3. The number of oxazole rings is 1. The normalized spacial score (nSPS) is 16.2. The number of sulfonamides is 1. The predicted molar refractivity (Wildman–Crippen MR) is 117 cm³/mol. The summed E-state index contributed by atoms with van der Waals surface area (Å²) in [6, 6.07) is 6.09. The fourth-order valence-corrected chi connectivity index (χ4v) is 5.03. The lowest BCUT2D eigenvalue weighted by molar-refractivity contribution is 0.0796. The van der Waals surface area contributed by atoms with Crippen molar-refractivity contribution in [3.05, 3.63) is 53.0 Å². The molecule has 8 nitrogen and oxygen atoms in total. The highest BCUT2D eigenvalue weighted by Gasteiger charge is 2.30. The molecule has 3 aromatic rings. The van der Waals surface area contributed by atoms with Gasteiger partial charge in [0.25, 0.3) is 0 Å². The third-order valence-corrected chi connectivity index (χ3v) is 7.03. The van der Waals surface area contributed by atoms with Gasteiger partial charge >= 0.3 is 0 Å². The van der Waals surface area contributed by atoms with Crippen LogP contribution in [0.25, 0.3) is 22.7 Å². The first-order chi connectivity index (χ1) is 15.3. The van der Waals surface area contributed by atoms with Crippen LogP contribution in [0, 0.1) is 5.82 Å². The van der Waals surface area contributed by atoms with E-state index in [4.69, 9.17) is 25.9 Å². The molecule has 1 aromatic carbocycles. The van der Waals surface area contributed by atoms with Crippen molar-refractivity contribution in [1.82, 2.24) is 15.0 Å². The van der Waals surface area contributed by atoms with E-state index < -0.39 is 21.1 Å². The molecular formula is C21H22ClFN4O4S. The molecule has 1 aliphatic rings. The maximum absolute atomic E-state index is 15.7. The Bertz CT molecular complexity index is 1230. The van der Waals surface area contributed by atoms with Gasteiger partial charge in [0.15, 0.2) is 11.7 Å². The second kappa shape index (κ2) is 9.22. The number of primary sulfonamides is 1. The van der Waals surface area contributed by atoms with Crippen molar-refractivity contribution in [3.63, 3.8) is 0 Å². The van der Waals surface area contributed by atoms with Crippen LogP contribution in [0.1, 0.15) is 48.8 Å². The van der Waals surface area contributed by atoms with Gasteiger partial charge in [-0.3, -0.25) is 0 Å². The molecule has 1 atom stereocenters. The predicted octanol–water partition coefficient (Wildman–Crippen LogP) is 4.22. The summed E-state index contributed by atoms with van der Waals surface area (Å²) in [4.78, 5) is 12.7. The molecule has 0 spiro atoms. The second-order valence-electron chi connectivity index (χ2n) is 7.52. The fraction of sp³-hybridized carbons (Fsp3) is 0.381. The first kappa shape index (κ1) is 22.8. The van der Waals surface area contributed by atoms with Crippen LogP contribution in [0.2, 0.25) is 5.28 Å². The molecule has 1 unspecified atom stereocenters. The third-order valence-electron chi connectivity index (χ3n) is 5.47. The van der Waals surface area contributed by atoms with Crippen LogP contribution in [-0.4, -0.2) is 36.6 Å². The summed E-state index contributed by atoms with van der Waals surface area (Å²) in [5, 5.41) is 4.17. The number of nitrogens with zero attached hydrogens (tertiary/aromatic N) is 3. The SMILES string of the molecule is CCC(c1cccc(-c2nc(C3CCOCC3)oc2-c2ccnc(Cl)n2)c1F)S(N)(=O)=O. The molecule has 0 saturated carbocycles. The third kappa shape index (κ3) is 4.54. The standard InChI is InChI=1S/C21H22ClFN4O4S/c1-2-16(32(24,28)29)13-4-3-5-14(17(13)23)18-19(15-6-9-25-21(22)26-15)31-20(27-18)12-7-10-30-11-8-12/h3-6,9,12,16H,2,7-8,10-11H2,1H3,(H2,24,28,29). The van der Waals surface area contributed by atoms with Crippen molar-refractivity contribution in [2.24, 2.45) is 5.14 Å². The van der Waals surface area contributed by atoms with Gasteiger partial charge in [-0.15, -0.1) is 0 Å². The molecule has 0 radical (unpaired) electrons. The van der Waals surface area contributed by atoms with Crippen molar-refractivity contribution < 1.29 is 22.0 Å². The number of halogens is 2. The number of rotatable bonds is 6. The number of hydrogen-bond acceptors (Lipinski definition) is 7. The highest BCUT2D eigenvalue weighted by molar-refractivity contribution is 7.89. The van der Waals surface area contributed by atoms with Gasteiger partial charge in [-0.25, -0.2) is 32.9 Å². The Hall–Kier alpha value is -2.40. The van der Waals surface area contributed by atoms with Crippen molar-refractivity contribution in [3.8, 4) is 22.7 Å². The average molecular weight is 481 g/mol. The van der Waals surface area contributed by atoms with Crippen LogP contribution >= 0.6 is 11.6 Å². The molecule has 0 aliphatic carbocycles. The molecule has 0 bridgehead atoms. The Labute approximate surface area is 190 Å². The molecule has 0 amide bonds. The number of ether oxygens (including phenoxy) is 1. The summed E-state index contributed by atoms with van der Waals surface area (Å²) < 4.78 is 51.2.